The smallest absolute Gasteiger partial charge is 0.259 e. The highest BCUT2D eigenvalue weighted by Crippen LogP contribution is 2.26. The number of amides is 1. The largest absolute Gasteiger partial charge is 0.325 e. The molecule has 136 valence electrons. The molecular formula is C18H18FN3O2S2. The van der Waals surface area contributed by atoms with E-state index in [2.05, 4.69) is 15.3 Å². The number of thioether (sulfide) groups is 1. The molecule has 1 aromatic carbocycles. The van der Waals surface area contributed by atoms with E-state index in [1.54, 1.807) is 6.92 Å². The standard InChI is InChI=1S/C18H18FN3O2S2/c1-9-10(2)26-18-15(9)17(24)21-14(22-18)8-25-11(3)16(23)20-13-6-4-12(19)5-7-13/h4-7,11H,8H2,1-3H3,(H,20,23)(H,21,22,24)/t11-/m1/s1. The van der Waals surface area contributed by atoms with Crippen LogP contribution in [-0.4, -0.2) is 21.1 Å². The minimum Gasteiger partial charge on any atom is -0.325 e. The Labute approximate surface area is 158 Å². The quantitative estimate of drug-likeness (QED) is 0.689. The van der Waals surface area contributed by atoms with Crippen LogP contribution in [-0.2, 0) is 10.5 Å². The molecule has 2 N–H and O–H groups in total. The third-order valence-corrected chi connectivity index (χ3v) is 6.29. The van der Waals surface area contributed by atoms with Gasteiger partial charge in [0.1, 0.15) is 16.5 Å². The van der Waals surface area contributed by atoms with Crippen LogP contribution in [0.15, 0.2) is 29.1 Å². The number of carbonyl (C=O) groups excluding carboxylic acids is 1. The first-order chi connectivity index (χ1) is 12.3. The summed E-state index contributed by atoms with van der Waals surface area (Å²) in [5.41, 5.74) is 1.36. The predicted octanol–water partition coefficient (Wildman–Crippen LogP) is 4.00. The molecule has 0 aliphatic heterocycles. The van der Waals surface area contributed by atoms with Crippen LogP contribution < -0.4 is 10.9 Å². The molecule has 2 heterocycles. The van der Waals surface area contributed by atoms with Crippen molar-refractivity contribution in [2.24, 2.45) is 0 Å². The summed E-state index contributed by atoms with van der Waals surface area (Å²) in [6.07, 6.45) is 0. The third-order valence-electron chi connectivity index (χ3n) is 4.04. The lowest BCUT2D eigenvalue weighted by molar-refractivity contribution is -0.115. The van der Waals surface area contributed by atoms with Gasteiger partial charge in [-0.25, -0.2) is 9.37 Å². The number of aromatic nitrogens is 2. The summed E-state index contributed by atoms with van der Waals surface area (Å²) in [7, 11) is 0. The molecule has 5 nitrogen and oxygen atoms in total. The number of carbonyl (C=O) groups is 1. The number of aryl methyl sites for hydroxylation is 2. The van der Waals surface area contributed by atoms with E-state index < -0.39 is 0 Å². The zero-order chi connectivity index (χ0) is 18.8. The number of benzene rings is 1. The average Bonchev–Trinajstić information content (AvgIpc) is 2.89. The highest BCUT2D eigenvalue weighted by Gasteiger charge is 2.16. The van der Waals surface area contributed by atoms with Gasteiger partial charge in [0.15, 0.2) is 0 Å². The molecule has 8 heteroatoms. The van der Waals surface area contributed by atoms with Crippen LogP contribution in [0.5, 0.6) is 0 Å². The molecule has 0 aliphatic carbocycles. The average molecular weight is 391 g/mol. The lowest BCUT2D eigenvalue weighted by atomic mass is 10.2. The molecule has 0 spiro atoms. The summed E-state index contributed by atoms with van der Waals surface area (Å²) in [5.74, 6) is 0.428. The van der Waals surface area contributed by atoms with Crippen molar-refractivity contribution >= 4 is 44.9 Å². The van der Waals surface area contributed by atoms with Gasteiger partial charge in [-0.05, 0) is 50.6 Å². The van der Waals surface area contributed by atoms with Crippen LogP contribution in [0.25, 0.3) is 10.2 Å². The van der Waals surface area contributed by atoms with Crippen LogP contribution in [0.3, 0.4) is 0 Å². The second kappa shape index (κ2) is 7.59. The van der Waals surface area contributed by atoms with Crippen LogP contribution in [0.4, 0.5) is 10.1 Å². The van der Waals surface area contributed by atoms with E-state index in [9.17, 15) is 14.0 Å². The number of rotatable bonds is 5. The molecule has 0 unspecified atom stereocenters. The molecule has 0 saturated carbocycles. The monoisotopic (exact) mass is 391 g/mol. The molecule has 1 atom stereocenters. The van der Waals surface area contributed by atoms with Crippen LogP contribution in [0, 0.1) is 19.7 Å². The van der Waals surface area contributed by atoms with Gasteiger partial charge < -0.3 is 10.3 Å². The second-order valence-electron chi connectivity index (χ2n) is 5.93. The van der Waals surface area contributed by atoms with E-state index >= 15 is 0 Å². The first-order valence-corrected chi connectivity index (χ1v) is 9.88. The number of H-pyrrole nitrogens is 1. The minimum atomic E-state index is -0.354. The Hall–Kier alpha value is -2.19. The Kier molecular flexibility index (Phi) is 5.43. The van der Waals surface area contributed by atoms with Crippen molar-refractivity contribution in [2.75, 3.05) is 5.32 Å². The van der Waals surface area contributed by atoms with Gasteiger partial charge in [-0.15, -0.1) is 23.1 Å². The summed E-state index contributed by atoms with van der Waals surface area (Å²) in [6.45, 7) is 5.67. The third kappa shape index (κ3) is 3.96. The zero-order valence-corrected chi connectivity index (χ0v) is 16.2. The maximum atomic E-state index is 12.9. The van der Waals surface area contributed by atoms with Crippen molar-refractivity contribution < 1.29 is 9.18 Å². The lowest BCUT2D eigenvalue weighted by Crippen LogP contribution is -2.23. The fourth-order valence-electron chi connectivity index (χ4n) is 2.42. The van der Waals surface area contributed by atoms with E-state index in [1.807, 2.05) is 13.8 Å². The number of hydrogen-bond acceptors (Lipinski definition) is 5. The van der Waals surface area contributed by atoms with Crippen LogP contribution in [0.2, 0.25) is 0 Å². The van der Waals surface area contributed by atoms with Crippen LogP contribution >= 0.6 is 23.1 Å². The number of nitrogens with one attached hydrogen (secondary N) is 2. The fraction of sp³-hybridized carbons (Fsp3) is 0.278. The topological polar surface area (TPSA) is 74.8 Å². The van der Waals surface area contributed by atoms with Crippen LogP contribution in [0.1, 0.15) is 23.2 Å². The molecule has 0 aliphatic rings. The number of thiophene rings is 1. The summed E-state index contributed by atoms with van der Waals surface area (Å²) < 4.78 is 12.9. The van der Waals surface area contributed by atoms with Crippen molar-refractivity contribution in [3.63, 3.8) is 0 Å². The Morgan fingerprint density at radius 1 is 1.35 bits per heavy atom. The minimum absolute atomic E-state index is 0.143. The summed E-state index contributed by atoms with van der Waals surface area (Å²) >= 11 is 2.87. The SMILES string of the molecule is Cc1sc2nc(CS[C@H](C)C(=O)Nc3ccc(F)cc3)[nH]c(=O)c2c1C. The summed E-state index contributed by atoms with van der Waals surface area (Å²) in [5, 5.41) is 3.03. The molecule has 0 saturated heterocycles. The van der Waals surface area contributed by atoms with Crippen molar-refractivity contribution in [2.45, 2.75) is 31.8 Å². The first-order valence-electron chi connectivity index (χ1n) is 8.02. The van der Waals surface area contributed by atoms with Gasteiger partial charge in [0.05, 0.1) is 16.4 Å². The molecule has 0 bridgehead atoms. The van der Waals surface area contributed by atoms with Gasteiger partial charge in [-0.1, -0.05) is 0 Å². The second-order valence-corrected chi connectivity index (χ2v) is 8.46. The summed E-state index contributed by atoms with van der Waals surface area (Å²) in [4.78, 5) is 33.6. The van der Waals surface area contributed by atoms with Gasteiger partial charge in [-0.2, -0.15) is 0 Å². The Morgan fingerprint density at radius 3 is 2.73 bits per heavy atom. The van der Waals surface area contributed by atoms with Gasteiger partial charge in [0, 0.05) is 10.6 Å². The molecule has 0 radical (unpaired) electrons. The molecule has 26 heavy (non-hydrogen) atoms. The van der Waals surface area contributed by atoms with E-state index in [0.717, 1.165) is 15.3 Å². The zero-order valence-electron chi connectivity index (χ0n) is 14.6. The number of anilines is 1. The van der Waals surface area contributed by atoms with Crippen molar-refractivity contribution in [1.29, 1.82) is 0 Å². The lowest BCUT2D eigenvalue weighted by Gasteiger charge is -2.11. The van der Waals surface area contributed by atoms with Gasteiger partial charge in [-0.3, -0.25) is 9.59 Å². The van der Waals surface area contributed by atoms with Crippen molar-refractivity contribution in [1.82, 2.24) is 9.97 Å². The van der Waals surface area contributed by atoms with Crippen molar-refractivity contribution in [3.05, 3.63) is 56.7 Å². The molecule has 0 fully saturated rings. The molecular weight excluding hydrogens is 373 g/mol. The van der Waals surface area contributed by atoms with E-state index in [0.29, 0.717) is 22.7 Å². The Bertz CT molecular complexity index is 1010. The number of halogens is 1. The van der Waals surface area contributed by atoms with Gasteiger partial charge in [0.25, 0.3) is 5.56 Å². The molecule has 3 aromatic rings. The Morgan fingerprint density at radius 2 is 2.04 bits per heavy atom. The molecule has 3 rings (SSSR count). The van der Waals surface area contributed by atoms with E-state index in [1.165, 1.54) is 47.4 Å². The number of hydrogen-bond donors (Lipinski definition) is 2. The highest BCUT2D eigenvalue weighted by atomic mass is 32.2. The number of aromatic amines is 1. The fourth-order valence-corrected chi connectivity index (χ4v) is 4.23. The summed E-state index contributed by atoms with van der Waals surface area (Å²) in [6, 6.07) is 5.61. The maximum absolute atomic E-state index is 12.9. The van der Waals surface area contributed by atoms with E-state index in [-0.39, 0.29) is 22.5 Å². The van der Waals surface area contributed by atoms with Gasteiger partial charge >= 0.3 is 0 Å². The predicted molar refractivity (Wildman–Crippen MR) is 106 cm³/mol. The first kappa shape index (κ1) is 18.6. The normalized spacial score (nSPS) is 12.3. The highest BCUT2D eigenvalue weighted by molar-refractivity contribution is 7.99. The van der Waals surface area contributed by atoms with Crippen molar-refractivity contribution in [3.8, 4) is 0 Å². The molecule has 2 aromatic heterocycles. The molecule has 1 amide bonds. The van der Waals surface area contributed by atoms with Gasteiger partial charge in [0.2, 0.25) is 5.91 Å². The van der Waals surface area contributed by atoms with E-state index in [4.69, 9.17) is 0 Å². The number of fused-ring (bicyclic) bond motifs is 1. The number of nitrogens with zero attached hydrogens (tertiary/aromatic N) is 1. The maximum Gasteiger partial charge on any atom is 0.259 e. The Balaban J connectivity index is 1.66.